The third kappa shape index (κ3) is 4.87. The van der Waals surface area contributed by atoms with Gasteiger partial charge in [-0.25, -0.2) is 0 Å². The molecule has 0 atom stereocenters. The van der Waals surface area contributed by atoms with Gasteiger partial charge >= 0.3 is 0 Å². The van der Waals surface area contributed by atoms with E-state index in [4.69, 9.17) is 5.11 Å². The average Bonchev–Trinajstić information content (AvgIpc) is 2.95. The Balaban J connectivity index is 1.84. The Kier molecular flexibility index (Phi) is 6.73. The number of hydrogen-bond acceptors (Lipinski definition) is 7. The molecule has 0 bridgehead atoms. The van der Waals surface area contributed by atoms with E-state index in [-0.39, 0.29) is 29.0 Å². The summed E-state index contributed by atoms with van der Waals surface area (Å²) >= 11 is 2.01. The minimum Gasteiger partial charge on any atom is -0.396 e. The normalized spacial score (nSPS) is 15.4. The Morgan fingerprint density at radius 3 is 2.69 bits per heavy atom. The molecule has 1 heterocycles. The fraction of sp³-hybridized carbons (Fsp3) is 0.200. The van der Waals surface area contributed by atoms with Gasteiger partial charge in [-0.15, -0.1) is 11.8 Å². The molecular weight excluding hydrogens is 412 g/mol. The molecule has 7 nitrogen and oxygen atoms in total. The number of thioether (sulfide) groups is 2. The summed E-state index contributed by atoms with van der Waals surface area (Å²) in [5.41, 5.74) is 2.24. The summed E-state index contributed by atoms with van der Waals surface area (Å²) in [6.07, 6.45) is 1.50. The van der Waals surface area contributed by atoms with Gasteiger partial charge in [0.25, 0.3) is 16.8 Å². The van der Waals surface area contributed by atoms with Gasteiger partial charge in [-0.1, -0.05) is 30.3 Å². The number of rotatable bonds is 7. The molecule has 29 heavy (non-hydrogen) atoms. The predicted molar refractivity (Wildman–Crippen MR) is 114 cm³/mol. The van der Waals surface area contributed by atoms with Crippen LogP contribution in [0.15, 0.2) is 52.3 Å². The summed E-state index contributed by atoms with van der Waals surface area (Å²) in [6, 6.07) is 12.1. The summed E-state index contributed by atoms with van der Waals surface area (Å²) in [5, 5.41) is 19.9. The van der Waals surface area contributed by atoms with Crippen molar-refractivity contribution in [1.82, 2.24) is 4.90 Å². The number of carbonyl (C=O) groups excluding carboxylic acids is 2. The highest BCUT2D eigenvalue weighted by molar-refractivity contribution is 8.18. The summed E-state index contributed by atoms with van der Waals surface area (Å²) in [5.74, 6) is -0.0672. The molecular formula is C20H18N2O5S2. The van der Waals surface area contributed by atoms with Gasteiger partial charge in [-0.2, -0.15) is 0 Å². The van der Waals surface area contributed by atoms with Crippen LogP contribution in [0.2, 0.25) is 0 Å². The second-order valence-corrected chi connectivity index (χ2v) is 8.38. The first-order valence-corrected chi connectivity index (χ1v) is 10.5. The van der Waals surface area contributed by atoms with Crippen molar-refractivity contribution in [2.24, 2.45) is 0 Å². The first kappa shape index (κ1) is 21.1. The van der Waals surface area contributed by atoms with Gasteiger partial charge in [0.05, 0.1) is 27.9 Å². The molecule has 0 unspecified atom stereocenters. The van der Waals surface area contributed by atoms with Gasteiger partial charge in [-0.05, 0) is 47.5 Å². The Hall–Kier alpha value is -2.62. The first-order chi connectivity index (χ1) is 13.9. The molecule has 0 aliphatic carbocycles. The highest BCUT2D eigenvalue weighted by Gasteiger charge is 2.35. The maximum atomic E-state index is 12.7. The van der Waals surface area contributed by atoms with Crippen molar-refractivity contribution in [2.45, 2.75) is 18.4 Å². The van der Waals surface area contributed by atoms with Crippen LogP contribution >= 0.6 is 23.5 Å². The number of aliphatic hydroxyl groups excluding tert-OH is 1. The van der Waals surface area contributed by atoms with Crippen LogP contribution in [0.25, 0.3) is 6.08 Å². The maximum absolute atomic E-state index is 12.7. The van der Waals surface area contributed by atoms with E-state index in [2.05, 4.69) is 0 Å². The lowest BCUT2D eigenvalue weighted by Crippen LogP contribution is -2.27. The molecule has 1 aliphatic rings. The molecule has 2 amide bonds. The summed E-state index contributed by atoms with van der Waals surface area (Å²) in [4.78, 5) is 37.8. The number of benzene rings is 2. The van der Waals surface area contributed by atoms with Crippen LogP contribution in [-0.4, -0.2) is 38.4 Å². The SMILES string of the molecule is Cc1ccccc1CN1C(=O)S/C(=C\c2ccc(SCCO)c([N+](=O)[O-])c2)C1=O. The van der Waals surface area contributed by atoms with Gasteiger partial charge in [0.15, 0.2) is 0 Å². The van der Waals surface area contributed by atoms with Crippen molar-refractivity contribution >= 4 is 46.4 Å². The number of nitro benzene ring substituents is 1. The van der Waals surface area contributed by atoms with E-state index in [9.17, 15) is 19.7 Å². The number of nitro groups is 1. The molecule has 0 spiro atoms. The fourth-order valence-corrected chi connectivity index (χ4v) is 4.39. The van der Waals surface area contributed by atoms with Gasteiger partial charge in [-0.3, -0.25) is 24.6 Å². The smallest absolute Gasteiger partial charge is 0.293 e. The third-order valence-corrected chi connectivity index (χ3v) is 6.24. The van der Waals surface area contributed by atoms with Gasteiger partial charge in [0.2, 0.25) is 0 Å². The Bertz CT molecular complexity index is 1010. The molecule has 0 radical (unpaired) electrons. The van der Waals surface area contributed by atoms with Gasteiger partial charge in [0.1, 0.15) is 0 Å². The Morgan fingerprint density at radius 2 is 2.00 bits per heavy atom. The van der Waals surface area contributed by atoms with Crippen LogP contribution in [0.5, 0.6) is 0 Å². The second-order valence-electron chi connectivity index (χ2n) is 6.25. The second kappa shape index (κ2) is 9.25. The number of hydrogen-bond donors (Lipinski definition) is 1. The fourth-order valence-electron chi connectivity index (χ4n) is 2.79. The van der Waals surface area contributed by atoms with Crippen LogP contribution < -0.4 is 0 Å². The van der Waals surface area contributed by atoms with E-state index < -0.39 is 10.8 Å². The third-order valence-electron chi connectivity index (χ3n) is 4.29. The standard InChI is InChI=1S/C20H18N2O5S2/c1-13-4-2-3-5-15(13)12-21-19(24)18(29-20(21)25)11-14-6-7-17(28-9-8-23)16(10-14)22(26)27/h2-7,10-11,23H,8-9,12H2,1H3/b18-11-. The quantitative estimate of drug-likeness (QED) is 0.304. The molecule has 1 aliphatic heterocycles. The number of amides is 2. The molecule has 1 fully saturated rings. The van der Waals surface area contributed by atoms with Crippen LogP contribution in [-0.2, 0) is 11.3 Å². The number of imide groups is 1. The lowest BCUT2D eigenvalue weighted by atomic mass is 10.1. The van der Waals surface area contributed by atoms with E-state index >= 15 is 0 Å². The van der Waals surface area contributed by atoms with Crippen LogP contribution in [0, 0.1) is 17.0 Å². The number of nitrogens with zero attached hydrogens (tertiary/aromatic N) is 2. The molecule has 1 saturated heterocycles. The summed E-state index contributed by atoms with van der Waals surface area (Å²) < 4.78 is 0. The average molecular weight is 431 g/mol. The zero-order valence-corrected chi connectivity index (χ0v) is 17.2. The number of aryl methyl sites for hydroxylation is 1. The van der Waals surface area contributed by atoms with Crippen molar-refractivity contribution in [3.8, 4) is 0 Å². The van der Waals surface area contributed by atoms with Crippen molar-refractivity contribution in [3.63, 3.8) is 0 Å². The molecule has 3 rings (SSSR count). The summed E-state index contributed by atoms with van der Waals surface area (Å²) in [6.45, 7) is 2.02. The van der Waals surface area contributed by atoms with Gasteiger partial charge < -0.3 is 5.11 Å². The van der Waals surface area contributed by atoms with Crippen LogP contribution in [0.3, 0.4) is 0 Å². The van der Waals surface area contributed by atoms with Crippen molar-refractivity contribution in [3.05, 3.63) is 74.2 Å². The molecule has 0 saturated carbocycles. The zero-order chi connectivity index (χ0) is 21.0. The van der Waals surface area contributed by atoms with E-state index in [0.717, 1.165) is 22.9 Å². The molecule has 150 valence electrons. The molecule has 1 N–H and O–H groups in total. The minimum atomic E-state index is -0.499. The highest BCUT2D eigenvalue weighted by Crippen LogP contribution is 2.35. The lowest BCUT2D eigenvalue weighted by Gasteiger charge is -2.14. The van der Waals surface area contributed by atoms with Crippen molar-refractivity contribution in [1.29, 1.82) is 0 Å². The highest BCUT2D eigenvalue weighted by atomic mass is 32.2. The Morgan fingerprint density at radius 1 is 1.24 bits per heavy atom. The van der Waals surface area contributed by atoms with Gasteiger partial charge in [0, 0.05) is 11.8 Å². The molecule has 2 aromatic rings. The van der Waals surface area contributed by atoms with E-state index in [1.54, 1.807) is 12.1 Å². The number of carbonyl (C=O) groups is 2. The lowest BCUT2D eigenvalue weighted by molar-refractivity contribution is -0.387. The topological polar surface area (TPSA) is 101 Å². The van der Waals surface area contributed by atoms with E-state index in [0.29, 0.717) is 16.2 Å². The van der Waals surface area contributed by atoms with Crippen LogP contribution in [0.1, 0.15) is 16.7 Å². The molecule has 0 aromatic heterocycles. The van der Waals surface area contributed by atoms with Crippen molar-refractivity contribution < 1.29 is 19.6 Å². The zero-order valence-electron chi connectivity index (χ0n) is 15.5. The molecule has 2 aromatic carbocycles. The largest absolute Gasteiger partial charge is 0.396 e. The maximum Gasteiger partial charge on any atom is 0.293 e. The minimum absolute atomic E-state index is 0.0857. The number of aliphatic hydroxyl groups is 1. The summed E-state index contributed by atoms with van der Waals surface area (Å²) in [7, 11) is 0. The monoisotopic (exact) mass is 430 g/mol. The van der Waals surface area contributed by atoms with Crippen molar-refractivity contribution in [2.75, 3.05) is 12.4 Å². The van der Waals surface area contributed by atoms with E-state index in [1.165, 1.54) is 28.8 Å². The Labute approximate surface area is 175 Å². The first-order valence-electron chi connectivity index (χ1n) is 8.72. The molecule has 9 heteroatoms. The van der Waals surface area contributed by atoms with Crippen LogP contribution in [0.4, 0.5) is 10.5 Å². The predicted octanol–water partition coefficient (Wildman–Crippen LogP) is 4.22. The van der Waals surface area contributed by atoms with E-state index in [1.807, 2.05) is 31.2 Å².